The van der Waals surface area contributed by atoms with Crippen molar-refractivity contribution in [3.8, 4) is 0 Å². The summed E-state index contributed by atoms with van der Waals surface area (Å²) in [5.41, 5.74) is 1.38. The third-order valence-electron chi connectivity index (χ3n) is 3.90. The minimum Gasteiger partial charge on any atom is -0.314 e. The van der Waals surface area contributed by atoms with Crippen LogP contribution in [0.2, 0.25) is 5.02 Å². The molecule has 0 radical (unpaired) electrons. The minimum atomic E-state index is 0.742. The van der Waals surface area contributed by atoms with Crippen molar-refractivity contribution in [3.05, 3.63) is 34.9 Å². The average Bonchev–Trinajstić information content (AvgIpc) is 2.46. The van der Waals surface area contributed by atoms with Crippen LogP contribution >= 0.6 is 11.6 Å². The highest BCUT2D eigenvalue weighted by Gasteiger charge is 2.17. The molecule has 0 aliphatic carbocycles. The lowest BCUT2D eigenvalue weighted by Gasteiger charge is -2.32. The number of piperidine rings is 1. The lowest BCUT2D eigenvalue weighted by Crippen LogP contribution is -2.43. The van der Waals surface area contributed by atoms with Crippen molar-refractivity contribution in [2.45, 2.75) is 38.6 Å². The minimum absolute atomic E-state index is 0.742. The molecule has 1 aliphatic rings. The smallest absolute Gasteiger partial charge is 0.0406 e. The average molecular weight is 281 g/mol. The van der Waals surface area contributed by atoms with Gasteiger partial charge in [0.15, 0.2) is 0 Å². The van der Waals surface area contributed by atoms with Gasteiger partial charge in [-0.15, -0.1) is 0 Å². The van der Waals surface area contributed by atoms with Crippen molar-refractivity contribution in [3.63, 3.8) is 0 Å². The molecule has 0 spiro atoms. The molecule has 1 aromatic carbocycles. The summed E-state index contributed by atoms with van der Waals surface area (Å²) in [6.45, 7) is 7.02. The maximum Gasteiger partial charge on any atom is 0.0406 e. The molecule has 0 aromatic heterocycles. The number of rotatable bonds is 6. The number of likely N-dealkylation sites (tertiary alicyclic amines) is 1. The molecule has 1 aromatic rings. The van der Waals surface area contributed by atoms with Gasteiger partial charge >= 0.3 is 0 Å². The zero-order valence-corrected chi connectivity index (χ0v) is 12.6. The monoisotopic (exact) mass is 280 g/mol. The molecule has 0 bridgehead atoms. The Balaban J connectivity index is 1.67. The summed E-state index contributed by atoms with van der Waals surface area (Å²) in [5.74, 6) is 0. The Labute approximate surface area is 122 Å². The van der Waals surface area contributed by atoms with E-state index >= 15 is 0 Å². The Bertz CT molecular complexity index is 356. The first-order chi connectivity index (χ1) is 9.28. The summed E-state index contributed by atoms with van der Waals surface area (Å²) >= 11 is 5.90. The van der Waals surface area contributed by atoms with E-state index in [1.165, 1.54) is 44.5 Å². The summed E-state index contributed by atoms with van der Waals surface area (Å²) in [6.07, 6.45) is 4.95. The fourth-order valence-corrected chi connectivity index (χ4v) is 2.77. The molecule has 1 saturated heterocycles. The number of nitrogens with zero attached hydrogens (tertiary/aromatic N) is 1. The van der Waals surface area contributed by atoms with E-state index in [9.17, 15) is 0 Å². The van der Waals surface area contributed by atoms with E-state index in [0.717, 1.165) is 24.0 Å². The quantitative estimate of drug-likeness (QED) is 0.860. The molecule has 19 heavy (non-hydrogen) atoms. The largest absolute Gasteiger partial charge is 0.314 e. The zero-order chi connectivity index (χ0) is 13.5. The number of hydrogen-bond donors (Lipinski definition) is 1. The van der Waals surface area contributed by atoms with E-state index in [4.69, 9.17) is 11.6 Å². The van der Waals surface area contributed by atoms with Crippen molar-refractivity contribution in [2.75, 3.05) is 26.2 Å². The Morgan fingerprint density at radius 1 is 1.21 bits per heavy atom. The highest BCUT2D eigenvalue weighted by atomic mass is 35.5. The van der Waals surface area contributed by atoms with Gasteiger partial charge in [-0.2, -0.15) is 0 Å². The summed E-state index contributed by atoms with van der Waals surface area (Å²) in [5, 5.41) is 4.46. The summed E-state index contributed by atoms with van der Waals surface area (Å²) in [7, 11) is 0. The van der Waals surface area contributed by atoms with Crippen molar-refractivity contribution >= 4 is 11.6 Å². The predicted octanol–water partition coefficient (Wildman–Crippen LogP) is 3.35. The van der Waals surface area contributed by atoms with Crippen LogP contribution in [0.25, 0.3) is 0 Å². The molecule has 3 heteroatoms. The van der Waals surface area contributed by atoms with Crippen LogP contribution in [0, 0.1) is 0 Å². The van der Waals surface area contributed by atoms with Gasteiger partial charge in [-0.3, -0.25) is 0 Å². The number of benzene rings is 1. The zero-order valence-electron chi connectivity index (χ0n) is 11.9. The van der Waals surface area contributed by atoms with Crippen LogP contribution in [0.15, 0.2) is 24.3 Å². The van der Waals surface area contributed by atoms with Crippen molar-refractivity contribution in [1.82, 2.24) is 10.2 Å². The van der Waals surface area contributed by atoms with E-state index in [1.807, 2.05) is 12.1 Å². The van der Waals surface area contributed by atoms with Gasteiger partial charge < -0.3 is 10.2 Å². The fraction of sp³-hybridized carbons (Fsp3) is 0.625. The number of nitrogens with one attached hydrogen (secondary N) is 1. The van der Waals surface area contributed by atoms with E-state index < -0.39 is 0 Å². The predicted molar refractivity (Wildman–Crippen MR) is 82.9 cm³/mol. The first-order valence-corrected chi connectivity index (χ1v) is 7.86. The molecule has 106 valence electrons. The second kappa shape index (κ2) is 7.88. The molecule has 0 saturated carbocycles. The van der Waals surface area contributed by atoms with Crippen LogP contribution in [-0.4, -0.2) is 37.1 Å². The molecule has 1 aliphatic heterocycles. The van der Waals surface area contributed by atoms with Gasteiger partial charge in [-0.05, 0) is 63.0 Å². The van der Waals surface area contributed by atoms with Gasteiger partial charge in [0.25, 0.3) is 0 Å². The van der Waals surface area contributed by atoms with Gasteiger partial charge in [-0.1, -0.05) is 30.7 Å². The highest BCUT2D eigenvalue weighted by Crippen LogP contribution is 2.13. The summed E-state index contributed by atoms with van der Waals surface area (Å²) in [6, 6.07) is 8.98. The Kier molecular flexibility index (Phi) is 6.15. The number of halogens is 1. The summed E-state index contributed by atoms with van der Waals surface area (Å²) < 4.78 is 0. The Hall–Kier alpha value is -0.570. The van der Waals surface area contributed by atoms with E-state index in [2.05, 4.69) is 29.3 Å². The van der Waals surface area contributed by atoms with Crippen molar-refractivity contribution in [1.29, 1.82) is 0 Å². The molecular formula is C16H25ClN2. The molecule has 1 fully saturated rings. The van der Waals surface area contributed by atoms with Crippen LogP contribution in [0.1, 0.15) is 31.7 Å². The third kappa shape index (κ3) is 5.13. The van der Waals surface area contributed by atoms with Crippen LogP contribution in [0.5, 0.6) is 0 Å². The summed E-state index contributed by atoms with van der Waals surface area (Å²) in [4.78, 5) is 2.58. The topological polar surface area (TPSA) is 15.3 Å². The van der Waals surface area contributed by atoms with Crippen LogP contribution in [0.4, 0.5) is 0 Å². The van der Waals surface area contributed by atoms with E-state index in [0.29, 0.717) is 0 Å². The van der Waals surface area contributed by atoms with Gasteiger partial charge in [0.05, 0.1) is 0 Å². The van der Waals surface area contributed by atoms with Gasteiger partial charge in [0.1, 0.15) is 0 Å². The molecule has 0 atom stereocenters. The third-order valence-corrected chi connectivity index (χ3v) is 4.15. The molecule has 2 rings (SSSR count). The first kappa shape index (κ1) is 14.8. The molecule has 1 heterocycles. The van der Waals surface area contributed by atoms with Gasteiger partial charge in [0, 0.05) is 17.6 Å². The lowest BCUT2D eigenvalue weighted by atomic mass is 10.0. The van der Waals surface area contributed by atoms with Gasteiger partial charge in [-0.25, -0.2) is 0 Å². The highest BCUT2D eigenvalue weighted by molar-refractivity contribution is 6.30. The van der Waals surface area contributed by atoms with E-state index in [1.54, 1.807) is 0 Å². The fourth-order valence-electron chi connectivity index (χ4n) is 2.65. The standard InChI is InChI=1S/C16H25ClN2/c1-2-10-18-16-8-12-19(13-9-16)11-7-14-3-5-15(17)6-4-14/h3-6,16,18H,2,7-13H2,1H3. The Morgan fingerprint density at radius 2 is 1.89 bits per heavy atom. The number of hydrogen-bond acceptors (Lipinski definition) is 2. The van der Waals surface area contributed by atoms with Crippen LogP contribution in [-0.2, 0) is 6.42 Å². The second-order valence-electron chi connectivity index (χ2n) is 5.45. The second-order valence-corrected chi connectivity index (χ2v) is 5.88. The maximum atomic E-state index is 5.90. The maximum absolute atomic E-state index is 5.90. The normalized spacial score (nSPS) is 17.8. The lowest BCUT2D eigenvalue weighted by molar-refractivity contribution is 0.200. The van der Waals surface area contributed by atoms with Crippen LogP contribution in [0.3, 0.4) is 0 Å². The van der Waals surface area contributed by atoms with Crippen molar-refractivity contribution in [2.24, 2.45) is 0 Å². The Morgan fingerprint density at radius 3 is 2.53 bits per heavy atom. The van der Waals surface area contributed by atoms with E-state index in [-0.39, 0.29) is 0 Å². The molecular weight excluding hydrogens is 256 g/mol. The van der Waals surface area contributed by atoms with Crippen molar-refractivity contribution < 1.29 is 0 Å². The molecule has 0 unspecified atom stereocenters. The van der Waals surface area contributed by atoms with Gasteiger partial charge in [0.2, 0.25) is 0 Å². The van der Waals surface area contributed by atoms with Crippen LogP contribution < -0.4 is 5.32 Å². The molecule has 0 amide bonds. The first-order valence-electron chi connectivity index (χ1n) is 7.48. The SMILES string of the molecule is CCCNC1CCN(CCc2ccc(Cl)cc2)CC1. The molecule has 1 N–H and O–H groups in total. The molecule has 2 nitrogen and oxygen atoms in total.